The van der Waals surface area contributed by atoms with Gasteiger partial charge < -0.3 is 10.3 Å². The first kappa shape index (κ1) is 11.9. The van der Waals surface area contributed by atoms with Gasteiger partial charge in [-0.1, -0.05) is 12.1 Å². The maximum Gasteiger partial charge on any atom is 0.132 e. The van der Waals surface area contributed by atoms with Crippen LogP contribution in [-0.4, -0.2) is 9.55 Å². The fourth-order valence-corrected chi connectivity index (χ4v) is 3.42. The summed E-state index contributed by atoms with van der Waals surface area (Å²) >= 11 is 3.54. The van der Waals surface area contributed by atoms with Crippen molar-refractivity contribution in [3.63, 3.8) is 0 Å². The Morgan fingerprint density at radius 1 is 1.33 bits per heavy atom. The van der Waals surface area contributed by atoms with Crippen LogP contribution in [0.1, 0.15) is 23.4 Å². The van der Waals surface area contributed by atoms with Crippen molar-refractivity contribution in [3.05, 3.63) is 39.8 Å². The van der Waals surface area contributed by atoms with Gasteiger partial charge in [-0.25, -0.2) is 4.98 Å². The summed E-state index contributed by atoms with van der Waals surface area (Å²) in [4.78, 5) is 4.45. The number of hydrogen-bond donors (Lipinski definition) is 1. The minimum absolute atomic E-state index is 0.458. The zero-order valence-electron chi connectivity index (χ0n) is 10.4. The minimum atomic E-state index is 0.458. The molecule has 0 fully saturated rings. The van der Waals surface area contributed by atoms with Gasteiger partial charge in [-0.15, -0.1) is 0 Å². The van der Waals surface area contributed by atoms with E-state index in [2.05, 4.69) is 43.7 Å². The molecule has 0 bridgehead atoms. The van der Waals surface area contributed by atoms with Crippen LogP contribution < -0.4 is 5.73 Å². The third kappa shape index (κ3) is 1.80. The number of aryl methyl sites for hydroxylation is 2. The molecule has 0 amide bonds. The SMILES string of the molecule is Cn1c(CN)nc(Br)c1-c1ccc2c(c1)CCC2. The highest BCUT2D eigenvalue weighted by Crippen LogP contribution is 2.32. The highest BCUT2D eigenvalue weighted by Gasteiger charge is 2.16. The third-order valence-electron chi connectivity index (χ3n) is 3.70. The highest BCUT2D eigenvalue weighted by atomic mass is 79.9. The zero-order valence-corrected chi connectivity index (χ0v) is 12.0. The number of halogens is 1. The summed E-state index contributed by atoms with van der Waals surface area (Å²) in [6.07, 6.45) is 3.69. The number of imidazole rings is 1. The van der Waals surface area contributed by atoms with Crippen molar-refractivity contribution in [2.45, 2.75) is 25.8 Å². The van der Waals surface area contributed by atoms with E-state index < -0.39 is 0 Å². The lowest BCUT2D eigenvalue weighted by Gasteiger charge is -2.07. The Morgan fingerprint density at radius 3 is 2.83 bits per heavy atom. The van der Waals surface area contributed by atoms with Crippen molar-refractivity contribution >= 4 is 15.9 Å². The molecule has 1 aliphatic carbocycles. The fraction of sp³-hybridized carbons (Fsp3) is 0.357. The second kappa shape index (κ2) is 4.52. The van der Waals surface area contributed by atoms with Crippen molar-refractivity contribution in [1.82, 2.24) is 9.55 Å². The van der Waals surface area contributed by atoms with Crippen LogP contribution in [0, 0.1) is 0 Å². The lowest BCUT2D eigenvalue weighted by molar-refractivity contribution is 0.798. The Labute approximate surface area is 115 Å². The van der Waals surface area contributed by atoms with Crippen LogP contribution >= 0.6 is 15.9 Å². The Kier molecular flexibility index (Phi) is 2.99. The number of nitrogens with zero attached hydrogens (tertiary/aromatic N) is 2. The van der Waals surface area contributed by atoms with E-state index in [9.17, 15) is 0 Å². The number of nitrogens with two attached hydrogens (primary N) is 1. The Balaban J connectivity index is 2.12. The monoisotopic (exact) mass is 305 g/mol. The molecule has 1 aromatic heterocycles. The topological polar surface area (TPSA) is 43.8 Å². The van der Waals surface area contributed by atoms with E-state index in [4.69, 9.17) is 5.73 Å². The van der Waals surface area contributed by atoms with Gasteiger partial charge in [0.1, 0.15) is 10.4 Å². The van der Waals surface area contributed by atoms with E-state index in [1.807, 2.05) is 7.05 Å². The molecular weight excluding hydrogens is 290 g/mol. The van der Waals surface area contributed by atoms with E-state index in [1.54, 1.807) is 0 Å². The molecule has 2 aromatic rings. The quantitative estimate of drug-likeness (QED) is 0.927. The van der Waals surface area contributed by atoms with Gasteiger partial charge in [0.05, 0.1) is 12.2 Å². The predicted molar refractivity (Wildman–Crippen MR) is 76.3 cm³/mol. The molecule has 2 N–H and O–H groups in total. The number of aromatic nitrogens is 2. The van der Waals surface area contributed by atoms with Gasteiger partial charge in [0.2, 0.25) is 0 Å². The molecule has 3 rings (SSSR count). The average molecular weight is 306 g/mol. The molecule has 3 nitrogen and oxygen atoms in total. The molecule has 0 saturated heterocycles. The summed E-state index contributed by atoms with van der Waals surface area (Å²) in [7, 11) is 2.02. The molecule has 94 valence electrons. The fourth-order valence-electron chi connectivity index (χ4n) is 2.72. The van der Waals surface area contributed by atoms with Gasteiger partial charge >= 0.3 is 0 Å². The minimum Gasteiger partial charge on any atom is -0.329 e. The van der Waals surface area contributed by atoms with Crippen LogP contribution in [0.5, 0.6) is 0 Å². The standard InChI is InChI=1S/C14H16BrN3/c1-18-12(8-16)17-14(15)13(18)11-6-5-9-3-2-4-10(9)7-11/h5-7H,2-4,8,16H2,1H3. The normalized spacial score (nSPS) is 13.9. The first-order valence-electron chi connectivity index (χ1n) is 6.24. The lowest BCUT2D eigenvalue weighted by atomic mass is 10.0. The van der Waals surface area contributed by atoms with Crippen molar-refractivity contribution in [3.8, 4) is 11.3 Å². The first-order chi connectivity index (χ1) is 8.70. The van der Waals surface area contributed by atoms with Gasteiger partial charge in [-0.05, 0) is 52.4 Å². The lowest BCUT2D eigenvalue weighted by Crippen LogP contribution is -2.05. The Hall–Kier alpha value is -1.13. The maximum absolute atomic E-state index is 5.70. The zero-order chi connectivity index (χ0) is 12.7. The van der Waals surface area contributed by atoms with Crippen molar-refractivity contribution in [2.75, 3.05) is 0 Å². The van der Waals surface area contributed by atoms with Crippen molar-refractivity contribution < 1.29 is 0 Å². The molecule has 0 aliphatic heterocycles. The first-order valence-corrected chi connectivity index (χ1v) is 7.03. The average Bonchev–Trinajstić information content (AvgIpc) is 2.93. The van der Waals surface area contributed by atoms with E-state index in [-0.39, 0.29) is 0 Å². The summed E-state index contributed by atoms with van der Waals surface area (Å²) < 4.78 is 2.95. The highest BCUT2D eigenvalue weighted by molar-refractivity contribution is 9.10. The van der Waals surface area contributed by atoms with Crippen LogP contribution in [-0.2, 0) is 26.4 Å². The largest absolute Gasteiger partial charge is 0.329 e. The van der Waals surface area contributed by atoms with E-state index in [0.717, 1.165) is 16.1 Å². The van der Waals surface area contributed by atoms with E-state index in [0.29, 0.717) is 6.54 Å². The molecular formula is C14H16BrN3. The molecule has 1 heterocycles. The smallest absolute Gasteiger partial charge is 0.132 e. The van der Waals surface area contributed by atoms with Crippen molar-refractivity contribution in [2.24, 2.45) is 12.8 Å². The van der Waals surface area contributed by atoms with Crippen LogP contribution in [0.4, 0.5) is 0 Å². The Morgan fingerprint density at radius 2 is 2.11 bits per heavy atom. The summed E-state index contributed by atoms with van der Waals surface area (Å²) in [6.45, 7) is 0.458. The number of rotatable bonds is 2. The van der Waals surface area contributed by atoms with Gasteiger partial charge in [-0.2, -0.15) is 0 Å². The molecule has 0 unspecified atom stereocenters. The molecule has 18 heavy (non-hydrogen) atoms. The van der Waals surface area contributed by atoms with E-state index in [1.165, 1.54) is 36.0 Å². The molecule has 4 heteroatoms. The molecule has 0 spiro atoms. The second-order valence-corrected chi connectivity index (χ2v) is 5.52. The van der Waals surface area contributed by atoms with Crippen LogP contribution in [0.2, 0.25) is 0 Å². The van der Waals surface area contributed by atoms with Crippen LogP contribution in [0.15, 0.2) is 22.8 Å². The third-order valence-corrected chi connectivity index (χ3v) is 4.25. The predicted octanol–water partition coefficient (Wildman–Crippen LogP) is 2.80. The molecule has 1 aliphatic rings. The summed E-state index contributed by atoms with van der Waals surface area (Å²) in [5.74, 6) is 0.900. The second-order valence-electron chi connectivity index (χ2n) is 4.77. The molecule has 0 atom stereocenters. The van der Waals surface area contributed by atoms with Gasteiger partial charge in [-0.3, -0.25) is 0 Å². The molecule has 0 radical (unpaired) electrons. The number of fused-ring (bicyclic) bond motifs is 1. The Bertz CT molecular complexity index is 601. The number of hydrogen-bond acceptors (Lipinski definition) is 2. The van der Waals surface area contributed by atoms with Gasteiger partial charge in [0.15, 0.2) is 0 Å². The van der Waals surface area contributed by atoms with Gasteiger partial charge in [0, 0.05) is 12.6 Å². The van der Waals surface area contributed by atoms with E-state index >= 15 is 0 Å². The van der Waals surface area contributed by atoms with Crippen LogP contribution in [0.25, 0.3) is 11.3 Å². The summed E-state index contributed by atoms with van der Waals surface area (Å²) in [6, 6.07) is 6.73. The number of benzene rings is 1. The summed E-state index contributed by atoms with van der Waals surface area (Å²) in [5.41, 5.74) is 11.0. The summed E-state index contributed by atoms with van der Waals surface area (Å²) in [5, 5.41) is 0. The molecule has 1 aromatic carbocycles. The maximum atomic E-state index is 5.70. The van der Waals surface area contributed by atoms with Crippen LogP contribution in [0.3, 0.4) is 0 Å². The molecule has 0 saturated carbocycles. The van der Waals surface area contributed by atoms with Crippen molar-refractivity contribution in [1.29, 1.82) is 0 Å². The van der Waals surface area contributed by atoms with Gasteiger partial charge in [0.25, 0.3) is 0 Å².